The van der Waals surface area contributed by atoms with Gasteiger partial charge in [-0.1, -0.05) is 31.8 Å². The SMILES string of the molecule is O=C1C=CCC2C3CCCC4CCCC(CN12)C43. The zero-order valence-corrected chi connectivity index (χ0v) is 11.1. The lowest BCUT2D eigenvalue weighted by molar-refractivity contribution is -0.141. The highest BCUT2D eigenvalue weighted by Crippen LogP contribution is 2.52. The smallest absolute Gasteiger partial charge is 0.246 e. The van der Waals surface area contributed by atoms with E-state index in [1.807, 2.05) is 0 Å². The third kappa shape index (κ3) is 1.50. The Bertz CT molecular complexity index is 387. The summed E-state index contributed by atoms with van der Waals surface area (Å²) >= 11 is 0. The number of carbonyl (C=O) groups excluding carboxylic acids is 1. The fraction of sp³-hybridized carbons (Fsp3) is 0.812. The molecule has 3 fully saturated rings. The van der Waals surface area contributed by atoms with Gasteiger partial charge >= 0.3 is 0 Å². The highest BCUT2D eigenvalue weighted by molar-refractivity contribution is 5.88. The summed E-state index contributed by atoms with van der Waals surface area (Å²) in [5.41, 5.74) is 0. The Hall–Kier alpha value is -0.790. The van der Waals surface area contributed by atoms with E-state index in [0.717, 1.165) is 36.6 Å². The zero-order valence-electron chi connectivity index (χ0n) is 11.1. The Labute approximate surface area is 109 Å². The molecule has 0 aromatic rings. The molecule has 98 valence electrons. The molecule has 2 heterocycles. The molecule has 4 rings (SSSR count). The van der Waals surface area contributed by atoms with Crippen LogP contribution in [0.15, 0.2) is 12.2 Å². The molecular weight excluding hydrogens is 222 g/mol. The number of fused-ring (bicyclic) bond motifs is 2. The first kappa shape index (κ1) is 11.1. The van der Waals surface area contributed by atoms with E-state index in [2.05, 4.69) is 11.0 Å². The first-order chi connectivity index (χ1) is 8.84. The molecule has 5 atom stereocenters. The fourth-order valence-corrected chi connectivity index (χ4v) is 5.50. The standard InChI is InChI=1S/C16H23NO/c18-15-9-3-8-14-13-7-2-5-11-4-1-6-12(16(11)13)10-17(14)15/h3,9,11-14,16H,1-2,4-8,10H2. The monoisotopic (exact) mass is 245 g/mol. The maximum absolute atomic E-state index is 12.1. The lowest BCUT2D eigenvalue weighted by atomic mass is 9.56. The molecule has 0 aromatic heterocycles. The van der Waals surface area contributed by atoms with Crippen molar-refractivity contribution in [3.8, 4) is 0 Å². The number of amides is 1. The van der Waals surface area contributed by atoms with Gasteiger partial charge in [-0.3, -0.25) is 4.79 Å². The number of carbonyl (C=O) groups is 1. The van der Waals surface area contributed by atoms with Crippen molar-refractivity contribution < 1.29 is 4.79 Å². The van der Waals surface area contributed by atoms with Crippen LogP contribution >= 0.6 is 0 Å². The van der Waals surface area contributed by atoms with Gasteiger partial charge in [-0.25, -0.2) is 0 Å². The van der Waals surface area contributed by atoms with Crippen LogP contribution < -0.4 is 0 Å². The first-order valence-electron chi connectivity index (χ1n) is 7.82. The second kappa shape index (κ2) is 4.11. The summed E-state index contributed by atoms with van der Waals surface area (Å²) in [5, 5.41) is 0. The normalized spacial score (nSPS) is 46.6. The lowest BCUT2D eigenvalue weighted by Crippen LogP contribution is -2.59. The van der Waals surface area contributed by atoms with E-state index in [1.54, 1.807) is 6.08 Å². The number of nitrogens with zero attached hydrogens (tertiary/aromatic N) is 1. The van der Waals surface area contributed by atoms with E-state index in [9.17, 15) is 4.79 Å². The molecule has 2 nitrogen and oxygen atoms in total. The third-order valence-corrected chi connectivity index (χ3v) is 6.09. The molecule has 0 spiro atoms. The second-order valence-corrected chi connectivity index (χ2v) is 6.82. The summed E-state index contributed by atoms with van der Waals surface area (Å²) in [5.74, 6) is 3.87. The average Bonchev–Trinajstić information content (AvgIpc) is 2.41. The number of rotatable bonds is 0. The van der Waals surface area contributed by atoms with Gasteiger partial charge < -0.3 is 4.90 Å². The van der Waals surface area contributed by atoms with Crippen molar-refractivity contribution in [3.63, 3.8) is 0 Å². The number of piperidine rings is 1. The Balaban J connectivity index is 1.68. The Kier molecular flexibility index (Phi) is 2.53. The van der Waals surface area contributed by atoms with Crippen LogP contribution in [0.5, 0.6) is 0 Å². The molecule has 2 aliphatic heterocycles. The summed E-state index contributed by atoms with van der Waals surface area (Å²) in [6.07, 6.45) is 13.5. The van der Waals surface area contributed by atoms with Crippen LogP contribution in [-0.4, -0.2) is 23.4 Å². The van der Waals surface area contributed by atoms with Crippen LogP contribution in [0.3, 0.4) is 0 Å². The molecule has 0 radical (unpaired) electrons. The molecule has 0 aromatic carbocycles. The summed E-state index contributed by atoms with van der Waals surface area (Å²) in [6.45, 7) is 1.06. The van der Waals surface area contributed by atoms with E-state index < -0.39 is 0 Å². The van der Waals surface area contributed by atoms with Crippen molar-refractivity contribution >= 4 is 5.91 Å². The molecule has 0 bridgehead atoms. The van der Waals surface area contributed by atoms with Crippen LogP contribution in [0, 0.1) is 23.7 Å². The van der Waals surface area contributed by atoms with Crippen molar-refractivity contribution in [1.29, 1.82) is 0 Å². The Morgan fingerprint density at radius 2 is 1.83 bits per heavy atom. The molecule has 2 saturated carbocycles. The minimum Gasteiger partial charge on any atom is -0.335 e. The van der Waals surface area contributed by atoms with Gasteiger partial charge in [0, 0.05) is 12.6 Å². The molecule has 0 N–H and O–H groups in total. The molecular formula is C16H23NO. The summed E-state index contributed by atoms with van der Waals surface area (Å²) < 4.78 is 0. The average molecular weight is 245 g/mol. The predicted octanol–water partition coefficient (Wildman–Crippen LogP) is 2.99. The van der Waals surface area contributed by atoms with Gasteiger partial charge in [-0.05, 0) is 49.0 Å². The van der Waals surface area contributed by atoms with E-state index in [1.165, 1.54) is 38.5 Å². The molecule has 1 saturated heterocycles. The first-order valence-corrected chi connectivity index (χ1v) is 7.82. The topological polar surface area (TPSA) is 20.3 Å². The number of hydrogen-bond donors (Lipinski definition) is 0. The van der Waals surface area contributed by atoms with E-state index >= 15 is 0 Å². The maximum Gasteiger partial charge on any atom is 0.246 e. The molecule has 1 amide bonds. The Morgan fingerprint density at radius 1 is 1.06 bits per heavy atom. The van der Waals surface area contributed by atoms with Gasteiger partial charge in [-0.15, -0.1) is 0 Å². The molecule has 2 aliphatic carbocycles. The summed E-state index contributed by atoms with van der Waals surface area (Å²) in [4.78, 5) is 14.3. The number of hydrogen-bond acceptors (Lipinski definition) is 1. The minimum atomic E-state index is 0.289. The van der Waals surface area contributed by atoms with Crippen LogP contribution in [-0.2, 0) is 4.79 Å². The van der Waals surface area contributed by atoms with Gasteiger partial charge in [-0.2, -0.15) is 0 Å². The molecule has 18 heavy (non-hydrogen) atoms. The van der Waals surface area contributed by atoms with Gasteiger partial charge in [0.25, 0.3) is 0 Å². The van der Waals surface area contributed by atoms with E-state index in [-0.39, 0.29) is 5.91 Å². The van der Waals surface area contributed by atoms with Gasteiger partial charge in [0.15, 0.2) is 0 Å². The quantitative estimate of drug-likeness (QED) is 0.642. The van der Waals surface area contributed by atoms with Crippen molar-refractivity contribution in [2.24, 2.45) is 23.7 Å². The highest BCUT2D eigenvalue weighted by atomic mass is 16.2. The molecule has 2 heteroatoms. The second-order valence-electron chi connectivity index (χ2n) is 6.82. The maximum atomic E-state index is 12.1. The van der Waals surface area contributed by atoms with Gasteiger partial charge in [0.2, 0.25) is 5.91 Å². The van der Waals surface area contributed by atoms with Crippen molar-refractivity contribution in [3.05, 3.63) is 12.2 Å². The summed E-state index contributed by atoms with van der Waals surface area (Å²) in [7, 11) is 0. The largest absolute Gasteiger partial charge is 0.335 e. The lowest BCUT2D eigenvalue weighted by Gasteiger charge is -2.56. The van der Waals surface area contributed by atoms with Gasteiger partial charge in [0.05, 0.1) is 0 Å². The fourth-order valence-electron chi connectivity index (χ4n) is 5.50. The Morgan fingerprint density at radius 3 is 2.72 bits per heavy atom. The van der Waals surface area contributed by atoms with E-state index in [4.69, 9.17) is 0 Å². The van der Waals surface area contributed by atoms with E-state index in [0.29, 0.717) is 6.04 Å². The van der Waals surface area contributed by atoms with Crippen molar-refractivity contribution in [1.82, 2.24) is 4.90 Å². The highest BCUT2D eigenvalue weighted by Gasteiger charge is 2.50. The van der Waals surface area contributed by atoms with Crippen molar-refractivity contribution in [2.45, 2.75) is 51.0 Å². The van der Waals surface area contributed by atoms with Gasteiger partial charge in [0.1, 0.15) is 0 Å². The molecule has 4 aliphatic rings. The summed E-state index contributed by atoms with van der Waals surface area (Å²) in [6, 6.07) is 0.546. The van der Waals surface area contributed by atoms with Crippen LogP contribution in [0.1, 0.15) is 44.9 Å². The van der Waals surface area contributed by atoms with Crippen LogP contribution in [0.4, 0.5) is 0 Å². The zero-order chi connectivity index (χ0) is 12.1. The van der Waals surface area contributed by atoms with Crippen LogP contribution in [0.2, 0.25) is 0 Å². The van der Waals surface area contributed by atoms with Crippen molar-refractivity contribution in [2.75, 3.05) is 6.54 Å². The van der Waals surface area contributed by atoms with Crippen LogP contribution in [0.25, 0.3) is 0 Å². The predicted molar refractivity (Wildman–Crippen MR) is 70.9 cm³/mol. The molecule has 5 unspecified atom stereocenters. The third-order valence-electron chi connectivity index (χ3n) is 6.09. The minimum absolute atomic E-state index is 0.289.